The van der Waals surface area contributed by atoms with Crippen LogP contribution in [0.5, 0.6) is 5.75 Å². The number of rotatable bonds is 4. The van der Waals surface area contributed by atoms with Crippen LogP contribution in [0.3, 0.4) is 0 Å². The lowest BCUT2D eigenvalue weighted by molar-refractivity contribution is -0.0291. The van der Waals surface area contributed by atoms with Crippen molar-refractivity contribution in [1.29, 1.82) is 0 Å². The number of aryl methyl sites for hydroxylation is 2. The van der Waals surface area contributed by atoms with E-state index >= 15 is 0 Å². The van der Waals surface area contributed by atoms with Crippen LogP contribution >= 0.6 is 0 Å². The number of aromatic nitrogens is 2. The first-order valence-electron chi connectivity index (χ1n) is 6.95. The molecule has 1 heterocycles. The van der Waals surface area contributed by atoms with E-state index in [2.05, 4.69) is 4.98 Å². The van der Waals surface area contributed by atoms with Crippen LogP contribution in [0.15, 0.2) is 48.8 Å². The second-order valence-electron chi connectivity index (χ2n) is 5.23. The Morgan fingerprint density at radius 3 is 2.86 bits per heavy atom. The van der Waals surface area contributed by atoms with Gasteiger partial charge in [0.05, 0.1) is 23.9 Å². The zero-order chi connectivity index (χ0) is 14.8. The highest BCUT2D eigenvalue weighted by atomic mass is 16.6. The van der Waals surface area contributed by atoms with E-state index in [1.807, 2.05) is 60.9 Å². The average Bonchev–Trinajstić information content (AvgIpc) is 2.86. The molecule has 0 aliphatic heterocycles. The molecule has 0 saturated carbocycles. The summed E-state index contributed by atoms with van der Waals surface area (Å²) in [5.74, 6) is 0.715. The molecule has 1 N–H and O–H groups in total. The lowest BCUT2D eigenvalue weighted by atomic mass is 10.1. The molecule has 21 heavy (non-hydrogen) atoms. The van der Waals surface area contributed by atoms with Gasteiger partial charge in [0.2, 0.25) is 6.29 Å². The minimum atomic E-state index is -0.914. The van der Waals surface area contributed by atoms with Gasteiger partial charge in [0, 0.05) is 0 Å². The van der Waals surface area contributed by atoms with Crippen molar-refractivity contribution in [3.63, 3.8) is 0 Å². The summed E-state index contributed by atoms with van der Waals surface area (Å²) in [6.45, 7) is 4.31. The van der Waals surface area contributed by atoms with Gasteiger partial charge in [0.25, 0.3) is 0 Å². The van der Waals surface area contributed by atoms with Gasteiger partial charge >= 0.3 is 0 Å². The van der Waals surface area contributed by atoms with Crippen LogP contribution in [0.2, 0.25) is 0 Å². The summed E-state index contributed by atoms with van der Waals surface area (Å²) in [6, 6.07) is 13.8. The first kappa shape index (κ1) is 13.6. The number of para-hydroxylation sites is 2. The molecule has 4 heteroatoms. The number of nitrogens with zero attached hydrogens (tertiary/aromatic N) is 2. The molecule has 2 aromatic carbocycles. The lowest BCUT2D eigenvalue weighted by Crippen LogP contribution is -2.22. The van der Waals surface area contributed by atoms with E-state index in [1.54, 1.807) is 6.33 Å². The van der Waals surface area contributed by atoms with Crippen molar-refractivity contribution in [2.75, 3.05) is 0 Å². The molecule has 0 fully saturated rings. The van der Waals surface area contributed by atoms with E-state index in [0.29, 0.717) is 12.3 Å². The number of hydrogen-bond donors (Lipinski definition) is 1. The van der Waals surface area contributed by atoms with Crippen molar-refractivity contribution < 1.29 is 9.84 Å². The third-order valence-corrected chi connectivity index (χ3v) is 3.49. The Balaban J connectivity index is 1.77. The molecule has 1 aromatic heterocycles. The second-order valence-corrected chi connectivity index (χ2v) is 5.23. The summed E-state index contributed by atoms with van der Waals surface area (Å²) < 4.78 is 7.55. The smallest absolute Gasteiger partial charge is 0.215 e. The Morgan fingerprint density at radius 2 is 2.00 bits per heavy atom. The molecular formula is C17H18N2O2. The van der Waals surface area contributed by atoms with Gasteiger partial charge < -0.3 is 14.4 Å². The normalized spacial score (nSPS) is 12.5. The highest BCUT2D eigenvalue weighted by Gasteiger charge is 2.11. The Kier molecular flexibility index (Phi) is 3.62. The van der Waals surface area contributed by atoms with Crippen molar-refractivity contribution in [2.24, 2.45) is 0 Å². The average molecular weight is 282 g/mol. The van der Waals surface area contributed by atoms with Crippen LogP contribution < -0.4 is 4.74 Å². The molecule has 1 unspecified atom stereocenters. The van der Waals surface area contributed by atoms with Gasteiger partial charge in [-0.05, 0) is 43.2 Å². The van der Waals surface area contributed by atoms with Crippen molar-refractivity contribution in [2.45, 2.75) is 26.7 Å². The number of aliphatic hydroxyl groups is 1. The van der Waals surface area contributed by atoms with Crippen LogP contribution in [0.25, 0.3) is 11.0 Å². The van der Waals surface area contributed by atoms with E-state index in [1.165, 1.54) is 0 Å². The molecule has 108 valence electrons. The Labute approximate surface area is 123 Å². The Morgan fingerprint density at radius 1 is 1.19 bits per heavy atom. The standard InChI is InChI=1S/C17H18N2O2/c1-12-7-8-13(2)16(9-12)21-17(20)10-19-11-18-14-5-3-4-6-15(14)19/h3-9,11,17,20H,10H2,1-2H3. The summed E-state index contributed by atoms with van der Waals surface area (Å²) in [5.41, 5.74) is 4.02. The second kappa shape index (κ2) is 5.58. The molecule has 0 spiro atoms. The molecule has 0 saturated heterocycles. The van der Waals surface area contributed by atoms with Gasteiger partial charge in [-0.15, -0.1) is 0 Å². The summed E-state index contributed by atoms with van der Waals surface area (Å²) >= 11 is 0. The van der Waals surface area contributed by atoms with Gasteiger partial charge in [-0.3, -0.25) is 0 Å². The van der Waals surface area contributed by atoms with Crippen molar-refractivity contribution in [3.05, 3.63) is 59.9 Å². The van der Waals surface area contributed by atoms with E-state index < -0.39 is 6.29 Å². The summed E-state index contributed by atoms with van der Waals surface area (Å²) in [6.07, 6.45) is 0.809. The third kappa shape index (κ3) is 2.90. The Bertz CT molecular complexity index is 764. The van der Waals surface area contributed by atoms with E-state index in [4.69, 9.17) is 4.74 Å². The fourth-order valence-corrected chi connectivity index (χ4v) is 2.34. The van der Waals surface area contributed by atoms with E-state index in [9.17, 15) is 5.11 Å². The lowest BCUT2D eigenvalue weighted by Gasteiger charge is -2.16. The molecule has 1 atom stereocenters. The Hall–Kier alpha value is -2.33. The molecule has 0 radical (unpaired) electrons. The van der Waals surface area contributed by atoms with Crippen LogP contribution in [0.4, 0.5) is 0 Å². The molecule has 3 aromatic rings. The maximum Gasteiger partial charge on any atom is 0.215 e. The molecule has 0 bridgehead atoms. The maximum absolute atomic E-state index is 10.2. The number of aliphatic hydroxyl groups excluding tert-OH is 1. The van der Waals surface area contributed by atoms with Crippen LogP contribution in [0.1, 0.15) is 11.1 Å². The first-order valence-corrected chi connectivity index (χ1v) is 6.95. The zero-order valence-electron chi connectivity index (χ0n) is 12.2. The fraction of sp³-hybridized carbons (Fsp3) is 0.235. The minimum absolute atomic E-state index is 0.341. The predicted molar refractivity (Wildman–Crippen MR) is 82.3 cm³/mol. The minimum Gasteiger partial charge on any atom is -0.463 e. The van der Waals surface area contributed by atoms with Crippen molar-refractivity contribution in [3.8, 4) is 5.75 Å². The third-order valence-electron chi connectivity index (χ3n) is 3.49. The summed E-state index contributed by atoms with van der Waals surface area (Å²) in [5, 5.41) is 10.2. The van der Waals surface area contributed by atoms with Gasteiger partial charge in [0.1, 0.15) is 5.75 Å². The van der Waals surface area contributed by atoms with Crippen LogP contribution in [-0.4, -0.2) is 20.9 Å². The predicted octanol–water partition coefficient (Wildman–Crippen LogP) is 3.05. The van der Waals surface area contributed by atoms with E-state index in [0.717, 1.165) is 22.2 Å². The number of fused-ring (bicyclic) bond motifs is 1. The van der Waals surface area contributed by atoms with Gasteiger partial charge in [0.15, 0.2) is 0 Å². The summed E-state index contributed by atoms with van der Waals surface area (Å²) in [4.78, 5) is 4.31. The fourth-order valence-electron chi connectivity index (χ4n) is 2.34. The largest absolute Gasteiger partial charge is 0.463 e. The molecule has 0 aliphatic rings. The molecular weight excluding hydrogens is 264 g/mol. The highest BCUT2D eigenvalue weighted by Crippen LogP contribution is 2.21. The molecule has 4 nitrogen and oxygen atoms in total. The monoisotopic (exact) mass is 282 g/mol. The first-order chi connectivity index (χ1) is 10.1. The van der Waals surface area contributed by atoms with Crippen LogP contribution in [-0.2, 0) is 6.54 Å². The number of imidazole rings is 1. The number of hydrogen-bond acceptors (Lipinski definition) is 3. The zero-order valence-corrected chi connectivity index (χ0v) is 12.2. The SMILES string of the molecule is Cc1ccc(C)c(OC(O)Cn2cnc3ccccc32)c1. The van der Waals surface area contributed by atoms with Gasteiger partial charge in [-0.1, -0.05) is 24.3 Å². The highest BCUT2D eigenvalue weighted by molar-refractivity contribution is 5.74. The molecule has 0 amide bonds. The van der Waals surface area contributed by atoms with Crippen molar-refractivity contribution in [1.82, 2.24) is 9.55 Å². The topological polar surface area (TPSA) is 47.3 Å². The van der Waals surface area contributed by atoms with Gasteiger partial charge in [-0.25, -0.2) is 4.98 Å². The molecule has 0 aliphatic carbocycles. The number of ether oxygens (including phenoxy) is 1. The van der Waals surface area contributed by atoms with Crippen molar-refractivity contribution >= 4 is 11.0 Å². The van der Waals surface area contributed by atoms with Crippen LogP contribution in [0, 0.1) is 13.8 Å². The number of benzene rings is 2. The quantitative estimate of drug-likeness (QED) is 0.748. The van der Waals surface area contributed by atoms with Gasteiger partial charge in [-0.2, -0.15) is 0 Å². The molecule has 3 rings (SSSR count). The van der Waals surface area contributed by atoms with E-state index in [-0.39, 0.29) is 0 Å². The maximum atomic E-state index is 10.2. The summed E-state index contributed by atoms with van der Waals surface area (Å²) in [7, 11) is 0.